The average Bonchev–Trinajstić information content (AvgIpc) is 3.20. The Morgan fingerprint density at radius 2 is 1.56 bits per heavy atom. The first-order chi connectivity index (χ1) is 15.6. The SMILES string of the molecule is Cc1cc(Nc2nnc(-c3ccc(C(N)=O)cc3)c3ccccc23)n(-c2ccccc2)n1. The fourth-order valence-corrected chi connectivity index (χ4v) is 3.68. The molecule has 3 aromatic carbocycles. The molecule has 0 atom stereocenters. The van der Waals surface area contributed by atoms with Gasteiger partial charge in [-0.1, -0.05) is 54.6 Å². The van der Waals surface area contributed by atoms with Gasteiger partial charge in [0, 0.05) is 28.0 Å². The highest BCUT2D eigenvalue weighted by molar-refractivity contribution is 6.01. The lowest BCUT2D eigenvalue weighted by Gasteiger charge is -2.12. The molecule has 0 saturated heterocycles. The van der Waals surface area contributed by atoms with Gasteiger partial charge in [0.15, 0.2) is 5.82 Å². The summed E-state index contributed by atoms with van der Waals surface area (Å²) in [6.07, 6.45) is 0. The third kappa shape index (κ3) is 3.56. The molecule has 0 aliphatic rings. The summed E-state index contributed by atoms with van der Waals surface area (Å²) < 4.78 is 1.85. The number of hydrogen-bond acceptors (Lipinski definition) is 5. The molecule has 0 saturated carbocycles. The lowest BCUT2D eigenvalue weighted by Crippen LogP contribution is -2.10. The number of fused-ring (bicyclic) bond motifs is 1. The van der Waals surface area contributed by atoms with Gasteiger partial charge in [-0.25, -0.2) is 4.68 Å². The molecule has 7 heteroatoms. The van der Waals surface area contributed by atoms with Crippen LogP contribution in [0, 0.1) is 6.92 Å². The van der Waals surface area contributed by atoms with Crippen LogP contribution in [0.3, 0.4) is 0 Å². The monoisotopic (exact) mass is 420 g/mol. The fraction of sp³-hybridized carbons (Fsp3) is 0.0400. The Balaban J connectivity index is 1.58. The van der Waals surface area contributed by atoms with Crippen molar-refractivity contribution < 1.29 is 4.79 Å². The van der Waals surface area contributed by atoms with Crippen LogP contribution in [0.15, 0.2) is 84.9 Å². The average molecular weight is 420 g/mol. The second-order valence-corrected chi connectivity index (χ2v) is 7.43. The van der Waals surface area contributed by atoms with Crippen LogP contribution in [-0.4, -0.2) is 25.9 Å². The van der Waals surface area contributed by atoms with Crippen molar-refractivity contribution in [2.24, 2.45) is 5.73 Å². The Morgan fingerprint density at radius 1 is 0.875 bits per heavy atom. The number of carbonyl (C=O) groups excluding carboxylic acids is 1. The molecule has 1 amide bonds. The Kier molecular flexibility index (Phi) is 4.84. The zero-order valence-corrected chi connectivity index (χ0v) is 17.4. The first kappa shape index (κ1) is 19.4. The van der Waals surface area contributed by atoms with Crippen LogP contribution < -0.4 is 11.1 Å². The van der Waals surface area contributed by atoms with Gasteiger partial charge in [0.1, 0.15) is 11.5 Å². The van der Waals surface area contributed by atoms with Crippen molar-refractivity contribution in [1.82, 2.24) is 20.0 Å². The van der Waals surface area contributed by atoms with Crippen LogP contribution in [0.2, 0.25) is 0 Å². The number of nitrogens with two attached hydrogens (primary N) is 1. The predicted octanol–water partition coefficient (Wildman–Crippen LogP) is 4.63. The van der Waals surface area contributed by atoms with E-state index >= 15 is 0 Å². The molecule has 0 aliphatic heterocycles. The molecule has 2 aromatic heterocycles. The van der Waals surface area contributed by atoms with Gasteiger partial charge in [0.2, 0.25) is 5.91 Å². The Morgan fingerprint density at radius 3 is 2.28 bits per heavy atom. The van der Waals surface area contributed by atoms with E-state index in [0.29, 0.717) is 11.4 Å². The summed E-state index contributed by atoms with van der Waals surface area (Å²) in [5.74, 6) is 0.972. The normalized spacial score (nSPS) is 10.9. The minimum absolute atomic E-state index is 0.453. The van der Waals surface area contributed by atoms with E-state index in [4.69, 9.17) is 5.73 Å². The molecular formula is C25H20N6O. The quantitative estimate of drug-likeness (QED) is 0.432. The van der Waals surface area contributed by atoms with Crippen LogP contribution in [-0.2, 0) is 0 Å². The number of aryl methyl sites for hydroxylation is 1. The van der Waals surface area contributed by atoms with Crippen molar-refractivity contribution in [1.29, 1.82) is 0 Å². The summed E-state index contributed by atoms with van der Waals surface area (Å²) in [6.45, 7) is 1.95. The number of primary amides is 1. The molecule has 0 bridgehead atoms. The molecule has 3 N–H and O–H groups in total. The van der Waals surface area contributed by atoms with Crippen molar-refractivity contribution in [3.8, 4) is 16.9 Å². The minimum atomic E-state index is -0.461. The second kappa shape index (κ2) is 7.96. The summed E-state index contributed by atoms with van der Waals surface area (Å²) in [6, 6.07) is 26.9. The van der Waals surface area contributed by atoms with E-state index in [0.717, 1.165) is 39.2 Å². The van der Waals surface area contributed by atoms with E-state index in [2.05, 4.69) is 20.6 Å². The maximum absolute atomic E-state index is 11.4. The molecule has 0 spiro atoms. The van der Waals surface area contributed by atoms with Gasteiger partial charge in [-0.2, -0.15) is 5.10 Å². The maximum Gasteiger partial charge on any atom is 0.248 e. The first-order valence-electron chi connectivity index (χ1n) is 10.1. The summed E-state index contributed by atoms with van der Waals surface area (Å²) >= 11 is 0. The molecule has 7 nitrogen and oxygen atoms in total. The summed E-state index contributed by atoms with van der Waals surface area (Å²) in [5.41, 5.74) is 9.24. The van der Waals surface area contributed by atoms with Crippen LogP contribution in [0.5, 0.6) is 0 Å². The van der Waals surface area contributed by atoms with Gasteiger partial charge in [-0.3, -0.25) is 4.79 Å². The Hall–Kier alpha value is -4.52. The van der Waals surface area contributed by atoms with Crippen molar-refractivity contribution in [2.75, 3.05) is 5.32 Å². The van der Waals surface area contributed by atoms with Crippen molar-refractivity contribution in [2.45, 2.75) is 6.92 Å². The lowest BCUT2D eigenvalue weighted by atomic mass is 10.0. The Labute approximate surface area is 184 Å². The largest absolute Gasteiger partial charge is 0.366 e. The van der Waals surface area contributed by atoms with Gasteiger partial charge in [0.25, 0.3) is 0 Å². The van der Waals surface area contributed by atoms with Gasteiger partial charge >= 0.3 is 0 Å². The molecule has 2 heterocycles. The van der Waals surface area contributed by atoms with E-state index in [1.807, 2.05) is 84.4 Å². The number of rotatable bonds is 5. The van der Waals surface area contributed by atoms with Crippen molar-refractivity contribution in [3.63, 3.8) is 0 Å². The number of amides is 1. The number of hydrogen-bond donors (Lipinski definition) is 2. The van der Waals surface area contributed by atoms with E-state index in [1.165, 1.54) is 0 Å². The smallest absolute Gasteiger partial charge is 0.248 e. The van der Waals surface area contributed by atoms with E-state index in [1.54, 1.807) is 12.1 Å². The molecule has 32 heavy (non-hydrogen) atoms. The number of benzene rings is 3. The predicted molar refractivity (Wildman–Crippen MR) is 125 cm³/mol. The summed E-state index contributed by atoms with van der Waals surface area (Å²) in [4.78, 5) is 11.4. The van der Waals surface area contributed by atoms with Gasteiger partial charge in [0.05, 0.1) is 11.4 Å². The highest BCUT2D eigenvalue weighted by Gasteiger charge is 2.14. The van der Waals surface area contributed by atoms with E-state index in [-0.39, 0.29) is 0 Å². The molecule has 156 valence electrons. The zero-order chi connectivity index (χ0) is 22.1. The van der Waals surface area contributed by atoms with Crippen LogP contribution in [0.25, 0.3) is 27.7 Å². The molecular weight excluding hydrogens is 400 g/mol. The molecule has 0 aliphatic carbocycles. The number of nitrogens with zero attached hydrogens (tertiary/aromatic N) is 4. The standard InChI is InChI=1S/C25H20N6O/c1-16-15-22(31(30-16)19-7-3-2-4-8-19)27-25-21-10-6-5-9-20(21)23(28-29-25)17-11-13-18(14-12-17)24(26)32/h2-15H,1H3,(H2,26,32)(H,27,29). The van der Waals surface area contributed by atoms with E-state index < -0.39 is 5.91 Å². The summed E-state index contributed by atoms with van der Waals surface area (Å²) in [5, 5.41) is 18.9. The third-order valence-corrected chi connectivity index (χ3v) is 5.21. The van der Waals surface area contributed by atoms with Gasteiger partial charge in [-0.05, 0) is 31.2 Å². The van der Waals surface area contributed by atoms with Crippen molar-refractivity contribution in [3.05, 3.63) is 96.2 Å². The number of carbonyl (C=O) groups is 1. The summed E-state index contributed by atoms with van der Waals surface area (Å²) in [7, 11) is 0. The number of nitrogens with one attached hydrogen (secondary N) is 1. The highest BCUT2D eigenvalue weighted by Crippen LogP contribution is 2.31. The molecule has 0 fully saturated rings. The molecule has 0 radical (unpaired) electrons. The molecule has 5 rings (SSSR count). The Bertz CT molecular complexity index is 1420. The first-order valence-corrected chi connectivity index (χ1v) is 10.1. The van der Waals surface area contributed by atoms with Crippen LogP contribution >= 0.6 is 0 Å². The maximum atomic E-state index is 11.4. The highest BCUT2D eigenvalue weighted by atomic mass is 16.1. The topological polar surface area (TPSA) is 98.7 Å². The number of anilines is 2. The molecule has 5 aromatic rings. The van der Waals surface area contributed by atoms with Crippen LogP contribution in [0.4, 0.5) is 11.6 Å². The van der Waals surface area contributed by atoms with Gasteiger partial charge < -0.3 is 11.1 Å². The fourth-order valence-electron chi connectivity index (χ4n) is 3.68. The minimum Gasteiger partial charge on any atom is -0.366 e. The lowest BCUT2D eigenvalue weighted by molar-refractivity contribution is 0.100. The molecule has 0 unspecified atom stereocenters. The number of para-hydroxylation sites is 1. The van der Waals surface area contributed by atoms with Crippen molar-refractivity contribution >= 4 is 28.3 Å². The van der Waals surface area contributed by atoms with Crippen LogP contribution in [0.1, 0.15) is 16.1 Å². The second-order valence-electron chi connectivity index (χ2n) is 7.43. The number of aromatic nitrogens is 4. The third-order valence-electron chi connectivity index (χ3n) is 5.21. The van der Waals surface area contributed by atoms with E-state index in [9.17, 15) is 4.79 Å². The zero-order valence-electron chi connectivity index (χ0n) is 17.4. The van der Waals surface area contributed by atoms with Gasteiger partial charge in [-0.15, -0.1) is 10.2 Å².